The summed E-state index contributed by atoms with van der Waals surface area (Å²) in [6.45, 7) is 6.89. The first kappa shape index (κ1) is 13.4. The van der Waals surface area contributed by atoms with Crippen LogP contribution in [-0.2, 0) is 6.61 Å². The lowest BCUT2D eigenvalue weighted by Gasteiger charge is -2.11. The number of aromatic nitrogens is 1. The maximum absolute atomic E-state index is 9.88. The Balaban J connectivity index is 3.35. The highest BCUT2D eigenvalue weighted by atomic mass is 16.5. The van der Waals surface area contributed by atoms with Crippen LogP contribution in [0.25, 0.3) is 0 Å². The van der Waals surface area contributed by atoms with Gasteiger partial charge in [-0.1, -0.05) is 0 Å². The number of aliphatic hydroxyl groups is 1. The molecule has 17 heavy (non-hydrogen) atoms. The number of aryl methyl sites for hydroxylation is 1. The van der Waals surface area contributed by atoms with E-state index in [-0.39, 0.29) is 12.4 Å². The molecule has 94 valence electrons. The van der Waals surface area contributed by atoms with E-state index in [0.29, 0.717) is 16.8 Å². The SMILES string of the molecule is Cc1ncc(CO)c(/C=[N+](\O)C(C)(C)C)c1O. The van der Waals surface area contributed by atoms with Crippen LogP contribution in [0.15, 0.2) is 6.20 Å². The van der Waals surface area contributed by atoms with Crippen molar-refractivity contribution in [2.24, 2.45) is 0 Å². The summed E-state index contributed by atoms with van der Waals surface area (Å²) >= 11 is 0. The topological polar surface area (TPSA) is 76.6 Å². The number of hydrogen-bond acceptors (Lipinski definition) is 4. The van der Waals surface area contributed by atoms with Gasteiger partial charge in [-0.3, -0.25) is 10.2 Å². The number of hydrogen-bond donors (Lipinski definition) is 3. The summed E-state index contributed by atoms with van der Waals surface area (Å²) in [5, 5.41) is 28.9. The third-order valence-corrected chi connectivity index (χ3v) is 2.47. The largest absolute Gasteiger partial charge is 0.505 e. The van der Waals surface area contributed by atoms with Gasteiger partial charge in [0.1, 0.15) is 0 Å². The molecule has 0 saturated carbocycles. The number of pyridine rings is 1. The fourth-order valence-corrected chi connectivity index (χ4v) is 1.24. The van der Waals surface area contributed by atoms with Crippen LogP contribution < -0.4 is 0 Å². The number of aliphatic hydroxyl groups excluding tert-OH is 1. The van der Waals surface area contributed by atoms with Crippen LogP contribution in [-0.4, -0.2) is 36.9 Å². The normalized spacial score (nSPS) is 12.9. The molecule has 0 bridgehead atoms. The third-order valence-electron chi connectivity index (χ3n) is 2.47. The van der Waals surface area contributed by atoms with Gasteiger partial charge in [0.05, 0.1) is 17.9 Å². The van der Waals surface area contributed by atoms with Crippen molar-refractivity contribution in [1.82, 2.24) is 4.98 Å². The fourth-order valence-electron chi connectivity index (χ4n) is 1.24. The van der Waals surface area contributed by atoms with Crippen LogP contribution in [0.5, 0.6) is 5.75 Å². The Labute approximate surface area is 101 Å². The standard InChI is InChI=1S/C12H18N2O3/c1-8-11(16)10(9(7-15)5-13-8)6-14(17)12(2,3)4/h5-6,15,17H,7H2,1-4H3/p+1. The van der Waals surface area contributed by atoms with Gasteiger partial charge >= 0.3 is 0 Å². The molecule has 5 nitrogen and oxygen atoms in total. The van der Waals surface area contributed by atoms with Gasteiger partial charge in [0.15, 0.2) is 5.75 Å². The minimum absolute atomic E-state index is 0.0279. The van der Waals surface area contributed by atoms with Gasteiger partial charge in [-0.2, -0.15) is 0 Å². The van der Waals surface area contributed by atoms with Crippen molar-refractivity contribution in [2.45, 2.75) is 39.8 Å². The molecular formula is C12H19N2O3+. The van der Waals surface area contributed by atoms with E-state index < -0.39 is 5.54 Å². The fraction of sp³-hybridized carbons (Fsp3) is 0.500. The Bertz CT molecular complexity index is 448. The number of hydroxylamine groups is 1. The van der Waals surface area contributed by atoms with Crippen molar-refractivity contribution in [2.75, 3.05) is 0 Å². The molecule has 0 aromatic carbocycles. The van der Waals surface area contributed by atoms with E-state index in [0.717, 1.165) is 4.74 Å². The molecular weight excluding hydrogens is 220 g/mol. The average molecular weight is 239 g/mol. The van der Waals surface area contributed by atoms with Gasteiger partial charge in [0.2, 0.25) is 11.8 Å². The first-order valence-corrected chi connectivity index (χ1v) is 5.38. The molecule has 1 heterocycles. The number of rotatable bonds is 2. The smallest absolute Gasteiger partial charge is 0.227 e. The molecule has 1 aromatic heterocycles. The van der Waals surface area contributed by atoms with E-state index in [1.807, 2.05) is 20.8 Å². The Morgan fingerprint density at radius 3 is 2.47 bits per heavy atom. The Kier molecular flexibility index (Phi) is 3.72. The van der Waals surface area contributed by atoms with Crippen molar-refractivity contribution in [3.8, 4) is 5.75 Å². The van der Waals surface area contributed by atoms with Gasteiger partial charge < -0.3 is 10.2 Å². The van der Waals surface area contributed by atoms with E-state index in [1.165, 1.54) is 12.4 Å². The van der Waals surface area contributed by atoms with E-state index in [4.69, 9.17) is 0 Å². The van der Waals surface area contributed by atoms with Crippen molar-refractivity contribution in [3.05, 3.63) is 23.0 Å². The highest BCUT2D eigenvalue weighted by Crippen LogP contribution is 2.22. The van der Waals surface area contributed by atoms with E-state index >= 15 is 0 Å². The molecule has 5 heteroatoms. The van der Waals surface area contributed by atoms with Crippen LogP contribution >= 0.6 is 0 Å². The van der Waals surface area contributed by atoms with Gasteiger partial charge in [0, 0.05) is 32.5 Å². The lowest BCUT2D eigenvalue weighted by molar-refractivity contribution is -0.816. The molecule has 0 amide bonds. The second-order valence-electron chi connectivity index (χ2n) is 4.93. The van der Waals surface area contributed by atoms with Gasteiger partial charge in [-0.25, -0.2) is 0 Å². The zero-order valence-electron chi connectivity index (χ0n) is 10.6. The highest BCUT2D eigenvalue weighted by Gasteiger charge is 2.25. The lowest BCUT2D eigenvalue weighted by Crippen LogP contribution is -2.31. The predicted molar refractivity (Wildman–Crippen MR) is 63.5 cm³/mol. The average Bonchev–Trinajstić information content (AvgIpc) is 2.23. The third kappa shape index (κ3) is 2.94. The minimum Gasteiger partial charge on any atom is -0.505 e. The first-order chi connectivity index (χ1) is 7.77. The Morgan fingerprint density at radius 1 is 1.41 bits per heavy atom. The molecule has 0 atom stereocenters. The molecule has 0 unspecified atom stereocenters. The molecule has 3 N–H and O–H groups in total. The first-order valence-electron chi connectivity index (χ1n) is 5.38. The monoisotopic (exact) mass is 239 g/mol. The van der Waals surface area contributed by atoms with Crippen LogP contribution in [0.1, 0.15) is 37.6 Å². The molecule has 0 saturated heterocycles. The van der Waals surface area contributed by atoms with E-state index in [1.54, 1.807) is 6.92 Å². The van der Waals surface area contributed by atoms with Gasteiger partial charge in [-0.15, -0.1) is 0 Å². The van der Waals surface area contributed by atoms with E-state index in [2.05, 4.69) is 4.98 Å². The number of aromatic hydroxyl groups is 1. The molecule has 1 rings (SSSR count). The summed E-state index contributed by atoms with van der Waals surface area (Å²) in [6.07, 6.45) is 2.88. The summed E-state index contributed by atoms with van der Waals surface area (Å²) in [6, 6.07) is 0. The second-order valence-corrected chi connectivity index (χ2v) is 4.93. The van der Waals surface area contributed by atoms with Crippen LogP contribution in [0, 0.1) is 6.92 Å². The maximum Gasteiger partial charge on any atom is 0.227 e. The molecule has 0 aliphatic rings. The zero-order valence-corrected chi connectivity index (χ0v) is 10.6. The Hall–Kier alpha value is -1.62. The molecule has 1 aromatic rings. The van der Waals surface area contributed by atoms with Crippen molar-refractivity contribution in [3.63, 3.8) is 0 Å². The van der Waals surface area contributed by atoms with Gasteiger partial charge in [-0.05, 0) is 11.7 Å². The summed E-state index contributed by atoms with van der Waals surface area (Å²) in [5.41, 5.74) is 0.820. The molecule has 0 spiro atoms. The summed E-state index contributed by atoms with van der Waals surface area (Å²) in [5.74, 6) is -0.0279. The van der Waals surface area contributed by atoms with Crippen molar-refractivity contribution in [1.29, 1.82) is 0 Å². The Morgan fingerprint density at radius 2 is 2.00 bits per heavy atom. The van der Waals surface area contributed by atoms with Crippen molar-refractivity contribution < 1.29 is 20.2 Å². The summed E-state index contributed by atoms with van der Waals surface area (Å²) in [4.78, 5) is 3.95. The second kappa shape index (κ2) is 4.71. The molecule has 0 radical (unpaired) electrons. The van der Waals surface area contributed by atoms with Crippen LogP contribution in [0.3, 0.4) is 0 Å². The summed E-state index contributed by atoms with van der Waals surface area (Å²) in [7, 11) is 0. The quantitative estimate of drug-likeness (QED) is 0.314. The predicted octanol–water partition coefficient (Wildman–Crippen LogP) is 1.21. The van der Waals surface area contributed by atoms with Crippen molar-refractivity contribution >= 4 is 6.21 Å². The minimum atomic E-state index is -0.490. The van der Waals surface area contributed by atoms with Crippen LogP contribution in [0.2, 0.25) is 0 Å². The zero-order chi connectivity index (χ0) is 13.2. The maximum atomic E-state index is 9.88. The number of nitrogens with zero attached hydrogens (tertiary/aromatic N) is 2. The van der Waals surface area contributed by atoms with E-state index in [9.17, 15) is 15.4 Å². The van der Waals surface area contributed by atoms with Gasteiger partial charge in [0.25, 0.3) is 0 Å². The molecule has 0 aliphatic carbocycles. The molecule has 0 aliphatic heterocycles. The highest BCUT2D eigenvalue weighted by molar-refractivity contribution is 5.82. The lowest BCUT2D eigenvalue weighted by atomic mass is 10.1. The molecule has 0 fully saturated rings. The summed E-state index contributed by atoms with van der Waals surface area (Å²) < 4.78 is 1.00. The van der Waals surface area contributed by atoms with Crippen LogP contribution in [0.4, 0.5) is 0 Å².